The van der Waals surface area contributed by atoms with E-state index in [1.807, 2.05) is 13.8 Å². The third-order valence-corrected chi connectivity index (χ3v) is 2.68. The van der Waals surface area contributed by atoms with Gasteiger partial charge in [-0.15, -0.1) is 0 Å². The number of nitrogens with one attached hydrogen (secondary N) is 2. The van der Waals surface area contributed by atoms with Gasteiger partial charge in [-0.05, 0) is 6.92 Å². The number of aromatic nitrogens is 1. The van der Waals surface area contributed by atoms with Crippen molar-refractivity contribution in [2.24, 2.45) is 0 Å². The van der Waals surface area contributed by atoms with Crippen molar-refractivity contribution in [1.29, 1.82) is 0 Å². The molecule has 0 aliphatic carbocycles. The number of carbonyl (C=O) groups excluding carboxylic acids is 3. The number of ether oxygens (including phenoxy) is 1. The van der Waals surface area contributed by atoms with Crippen LogP contribution >= 0.6 is 0 Å². The van der Waals surface area contributed by atoms with Crippen molar-refractivity contribution in [2.75, 3.05) is 20.2 Å². The van der Waals surface area contributed by atoms with Gasteiger partial charge in [-0.25, -0.2) is 4.79 Å². The number of aryl methyl sites for hydroxylation is 1. The quantitative estimate of drug-likeness (QED) is 0.722. The van der Waals surface area contributed by atoms with E-state index in [9.17, 15) is 14.4 Å². The van der Waals surface area contributed by atoms with Gasteiger partial charge in [0, 0.05) is 13.0 Å². The van der Waals surface area contributed by atoms with E-state index >= 15 is 0 Å². The molecule has 0 atom stereocenters. The fourth-order valence-corrected chi connectivity index (χ4v) is 1.55. The summed E-state index contributed by atoms with van der Waals surface area (Å²) in [6.45, 7) is 4.69. The lowest BCUT2D eigenvalue weighted by Gasteiger charge is -2.07. The van der Waals surface area contributed by atoms with Crippen LogP contribution < -0.4 is 10.6 Å². The number of esters is 1. The van der Waals surface area contributed by atoms with E-state index in [4.69, 9.17) is 9.26 Å². The summed E-state index contributed by atoms with van der Waals surface area (Å²) in [7, 11) is 1.45. The van der Waals surface area contributed by atoms with Gasteiger partial charge >= 0.3 is 5.97 Å². The van der Waals surface area contributed by atoms with Gasteiger partial charge in [-0.3, -0.25) is 9.59 Å². The van der Waals surface area contributed by atoms with Gasteiger partial charge in [0.25, 0.3) is 5.91 Å². The lowest BCUT2D eigenvalue weighted by Crippen LogP contribution is -2.37. The minimum atomic E-state index is -0.674. The van der Waals surface area contributed by atoms with Crippen molar-refractivity contribution in [3.63, 3.8) is 0 Å². The van der Waals surface area contributed by atoms with Crippen molar-refractivity contribution in [1.82, 2.24) is 15.8 Å². The molecule has 0 aliphatic heterocycles. The molecule has 0 bridgehead atoms. The highest BCUT2D eigenvalue weighted by Crippen LogP contribution is 2.22. The zero-order valence-corrected chi connectivity index (χ0v) is 12.5. The Balaban J connectivity index is 2.56. The Labute approximate surface area is 122 Å². The summed E-state index contributed by atoms with van der Waals surface area (Å²) in [5.74, 6) is -1.19. The maximum Gasteiger partial charge on any atom is 0.344 e. The Morgan fingerprint density at radius 3 is 2.52 bits per heavy atom. The average Bonchev–Trinajstić information content (AvgIpc) is 2.84. The highest BCUT2D eigenvalue weighted by Gasteiger charge is 2.24. The van der Waals surface area contributed by atoms with Gasteiger partial charge in [0.1, 0.15) is 5.56 Å². The van der Waals surface area contributed by atoms with Crippen molar-refractivity contribution < 1.29 is 23.6 Å². The largest absolute Gasteiger partial charge is 0.452 e. The van der Waals surface area contributed by atoms with Crippen LogP contribution in [0.15, 0.2) is 4.52 Å². The van der Waals surface area contributed by atoms with Gasteiger partial charge in [-0.2, -0.15) is 0 Å². The Bertz CT molecular complexity index is 536. The molecule has 1 rings (SSSR count). The molecular formula is C13H19N3O5. The molecule has 1 aromatic heterocycles. The van der Waals surface area contributed by atoms with E-state index in [0.717, 1.165) is 0 Å². The van der Waals surface area contributed by atoms with Gasteiger partial charge in [0.15, 0.2) is 12.4 Å². The number of nitrogens with zero attached hydrogens (tertiary/aromatic N) is 1. The lowest BCUT2D eigenvalue weighted by atomic mass is 10.1. The van der Waals surface area contributed by atoms with E-state index in [1.165, 1.54) is 7.05 Å². The van der Waals surface area contributed by atoms with Crippen LogP contribution in [0.4, 0.5) is 0 Å². The molecule has 2 amide bonds. The van der Waals surface area contributed by atoms with Crippen molar-refractivity contribution in [3.05, 3.63) is 17.0 Å². The van der Waals surface area contributed by atoms with Crippen LogP contribution in [0.3, 0.4) is 0 Å². The molecule has 0 unspecified atom stereocenters. The molecule has 8 nitrogen and oxygen atoms in total. The maximum absolute atomic E-state index is 12.0. The summed E-state index contributed by atoms with van der Waals surface area (Å²) in [4.78, 5) is 34.4. The minimum Gasteiger partial charge on any atom is -0.452 e. The first kappa shape index (κ1) is 16.7. The number of carbonyl (C=O) groups is 3. The summed E-state index contributed by atoms with van der Waals surface area (Å²) in [5.41, 5.74) is 0.651. The monoisotopic (exact) mass is 297 g/mol. The average molecular weight is 297 g/mol. The third kappa shape index (κ3) is 4.59. The third-order valence-electron chi connectivity index (χ3n) is 2.68. The van der Waals surface area contributed by atoms with E-state index in [0.29, 0.717) is 11.5 Å². The van der Waals surface area contributed by atoms with E-state index < -0.39 is 18.5 Å². The first-order valence-electron chi connectivity index (χ1n) is 6.47. The predicted octanol–water partition coefficient (Wildman–Crippen LogP) is 0.125. The number of rotatable bonds is 6. The molecule has 0 fully saturated rings. The highest BCUT2D eigenvalue weighted by atomic mass is 16.5. The van der Waals surface area contributed by atoms with E-state index in [1.54, 1.807) is 6.92 Å². The Hall–Kier alpha value is -2.38. The van der Waals surface area contributed by atoms with Crippen LogP contribution in [0.25, 0.3) is 0 Å². The molecule has 0 radical (unpaired) electrons. The predicted molar refractivity (Wildman–Crippen MR) is 72.7 cm³/mol. The summed E-state index contributed by atoms with van der Waals surface area (Å²) < 4.78 is 9.98. The first-order chi connectivity index (χ1) is 9.86. The number of hydrogen-bond acceptors (Lipinski definition) is 6. The number of hydrogen-bond donors (Lipinski definition) is 2. The topological polar surface area (TPSA) is 111 Å². The fourth-order valence-electron chi connectivity index (χ4n) is 1.55. The van der Waals surface area contributed by atoms with E-state index in [2.05, 4.69) is 15.8 Å². The molecule has 2 N–H and O–H groups in total. The van der Waals surface area contributed by atoms with E-state index in [-0.39, 0.29) is 23.9 Å². The molecule has 1 heterocycles. The zero-order chi connectivity index (χ0) is 16.0. The van der Waals surface area contributed by atoms with Gasteiger partial charge in [-0.1, -0.05) is 19.0 Å². The Morgan fingerprint density at radius 1 is 1.29 bits per heavy atom. The van der Waals surface area contributed by atoms with Crippen LogP contribution in [0.5, 0.6) is 0 Å². The second-order valence-electron chi connectivity index (χ2n) is 4.69. The first-order valence-corrected chi connectivity index (χ1v) is 6.47. The summed E-state index contributed by atoms with van der Waals surface area (Å²) in [6, 6.07) is 0. The van der Waals surface area contributed by atoms with Crippen LogP contribution in [0, 0.1) is 6.92 Å². The summed E-state index contributed by atoms with van der Waals surface area (Å²) in [6.07, 6.45) is 0. The molecule has 0 aliphatic rings. The smallest absolute Gasteiger partial charge is 0.344 e. The number of likely N-dealkylation sites (N-methyl/N-ethyl adjacent to an activating group) is 1. The van der Waals surface area contributed by atoms with Gasteiger partial charge < -0.3 is 19.9 Å². The van der Waals surface area contributed by atoms with Crippen LogP contribution in [-0.4, -0.2) is 43.1 Å². The standard InChI is InChI=1S/C13H19N3O5/c1-7(2)12-11(8(3)16-21-12)13(19)20-6-10(18)15-5-9(17)14-4/h7H,5-6H2,1-4H3,(H,14,17)(H,15,18). The SMILES string of the molecule is CNC(=O)CNC(=O)COC(=O)c1c(C)noc1C(C)C. The summed E-state index contributed by atoms with van der Waals surface area (Å²) >= 11 is 0. The Kier molecular flexibility index (Phi) is 5.89. The fraction of sp³-hybridized carbons (Fsp3) is 0.538. The molecule has 0 aromatic carbocycles. The lowest BCUT2D eigenvalue weighted by molar-refractivity contribution is -0.127. The summed E-state index contributed by atoms with van der Waals surface area (Å²) in [5, 5.41) is 8.40. The zero-order valence-electron chi connectivity index (χ0n) is 12.5. The Morgan fingerprint density at radius 2 is 1.95 bits per heavy atom. The molecule has 21 heavy (non-hydrogen) atoms. The molecule has 0 saturated carbocycles. The van der Waals surface area contributed by atoms with Gasteiger partial charge in [0.05, 0.1) is 12.2 Å². The van der Waals surface area contributed by atoms with Crippen LogP contribution in [-0.2, 0) is 14.3 Å². The molecule has 0 spiro atoms. The van der Waals surface area contributed by atoms with Gasteiger partial charge in [0.2, 0.25) is 5.91 Å². The van der Waals surface area contributed by atoms with Crippen LogP contribution in [0.2, 0.25) is 0 Å². The molecular weight excluding hydrogens is 278 g/mol. The molecule has 8 heteroatoms. The molecule has 0 saturated heterocycles. The molecule has 1 aromatic rings. The van der Waals surface area contributed by atoms with Crippen molar-refractivity contribution >= 4 is 17.8 Å². The highest BCUT2D eigenvalue weighted by molar-refractivity contribution is 5.93. The van der Waals surface area contributed by atoms with Crippen LogP contribution in [0.1, 0.15) is 41.6 Å². The number of amides is 2. The molecule has 116 valence electrons. The second-order valence-corrected chi connectivity index (χ2v) is 4.69. The maximum atomic E-state index is 12.0. The second kappa shape index (κ2) is 7.41. The van der Waals surface area contributed by atoms with Crippen molar-refractivity contribution in [2.45, 2.75) is 26.7 Å². The van der Waals surface area contributed by atoms with Crippen molar-refractivity contribution in [3.8, 4) is 0 Å². The normalized spacial score (nSPS) is 10.3. The minimum absolute atomic E-state index is 0.0316.